The molecule has 0 bridgehead atoms. The topological polar surface area (TPSA) is 93.5 Å². The number of hydrogen-bond acceptors (Lipinski definition) is 5. The molecule has 3 aromatic rings. The van der Waals surface area contributed by atoms with Gasteiger partial charge in [0.25, 0.3) is 5.91 Å². The van der Waals surface area contributed by atoms with Crippen LogP contribution in [0.5, 0.6) is 0 Å². The number of likely N-dealkylation sites (N-methyl/N-ethyl adjacent to an activating group) is 1. The summed E-state index contributed by atoms with van der Waals surface area (Å²) < 4.78 is 6.54. The van der Waals surface area contributed by atoms with E-state index in [1.54, 1.807) is 23.9 Å². The second-order valence-corrected chi connectivity index (χ2v) is 8.64. The molecule has 8 nitrogen and oxygen atoms in total. The van der Waals surface area contributed by atoms with Crippen molar-refractivity contribution in [3.8, 4) is 5.69 Å². The van der Waals surface area contributed by atoms with Crippen LogP contribution in [0.4, 0.5) is 5.69 Å². The second kappa shape index (κ2) is 11.0. The number of ether oxygens (including phenoxy) is 1. The molecular weight excluding hydrogens is 444 g/mol. The first-order valence-corrected chi connectivity index (χ1v) is 11.5. The Morgan fingerprint density at radius 1 is 1.03 bits per heavy atom. The molecule has 0 radical (unpaired) electrons. The Kier molecular flexibility index (Phi) is 8.06. The van der Waals surface area contributed by atoms with E-state index in [0.29, 0.717) is 18.4 Å². The van der Waals surface area contributed by atoms with Crippen LogP contribution < -0.4 is 5.32 Å². The predicted molar refractivity (Wildman–Crippen MR) is 135 cm³/mol. The predicted octanol–water partition coefficient (Wildman–Crippen LogP) is 3.92. The number of hydrogen-bond donors (Lipinski definition) is 1. The molecule has 1 heterocycles. The Labute approximate surface area is 205 Å². The fourth-order valence-electron chi connectivity index (χ4n) is 3.95. The normalized spacial score (nSPS) is 10.7. The highest BCUT2D eigenvalue weighted by Crippen LogP contribution is 2.21. The van der Waals surface area contributed by atoms with E-state index in [2.05, 4.69) is 10.4 Å². The molecule has 2 aromatic carbocycles. The molecule has 0 saturated carbocycles. The molecule has 0 unspecified atom stereocenters. The molecular formula is C27H32N4O4. The van der Waals surface area contributed by atoms with Crippen molar-refractivity contribution in [2.24, 2.45) is 0 Å². The van der Waals surface area contributed by atoms with E-state index in [-0.39, 0.29) is 24.3 Å². The summed E-state index contributed by atoms with van der Waals surface area (Å²) in [6.45, 7) is 7.74. The van der Waals surface area contributed by atoms with Crippen molar-refractivity contribution < 1.29 is 19.1 Å². The maximum Gasteiger partial charge on any atom is 0.305 e. The first kappa shape index (κ1) is 25.7. The van der Waals surface area contributed by atoms with Crippen LogP contribution in [0, 0.1) is 27.7 Å². The quantitative estimate of drug-likeness (QED) is 0.498. The fourth-order valence-corrected chi connectivity index (χ4v) is 3.95. The van der Waals surface area contributed by atoms with E-state index < -0.39 is 0 Å². The molecule has 0 atom stereocenters. The first-order chi connectivity index (χ1) is 16.6. The number of aryl methyl sites for hydroxylation is 2. The zero-order chi connectivity index (χ0) is 25.7. The average Bonchev–Trinajstić information content (AvgIpc) is 3.12. The van der Waals surface area contributed by atoms with Gasteiger partial charge in [0.1, 0.15) is 0 Å². The molecule has 1 N–H and O–H groups in total. The maximum absolute atomic E-state index is 12.9. The van der Waals surface area contributed by atoms with Crippen LogP contribution in [0.15, 0.2) is 42.5 Å². The van der Waals surface area contributed by atoms with Gasteiger partial charge < -0.3 is 15.0 Å². The number of methoxy groups -OCH3 is 1. The summed E-state index contributed by atoms with van der Waals surface area (Å²) in [4.78, 5) is 38.3. The third-order valence-corrected chi connectivity index (χ3v) is 6.21. The Hall–Kier alpha value is -3.94. The van der Waals surface area contributed by atoms with Crippen LogP contribution in [-0.4, -0.2) is 53.2 Å². The van der Waals surface area contributed by atoms with Crippen molar-refractivity contribution >= 4 is 23.5 Å². The molecule has 0 fully saturated rings. The van der Waals surface area contributed by atoms with Crippen LogP contribution >= 0.6 is 0 Å². The molecule has 8 heteroatoms. The van der Waals surface area contributed by atoms with Gasteiger partial charge in [-0.1, -0.05) is 12.1 Å². The van der Waals surface area contributed by atoms with E-state index in [4.69, 9.17) is 4.74 Å². The zero-order valence-electron chi connectivity index (χ0n) is 21.1. The van der Waals surface area contributed by atoms with E-state index in [9.17, 15) is 14.4 Å². The maximum atomic E-state index is 12.9. The van der Waals surface area contributed by atoms with Gasteiger partial charge in [0.2, 0.25) is 5.91 Å². The van der Waals surface area contributed by atoms with Gasteiger partial charge >= 0.3 is 5.97 Å². The number of esters is 1. The molecule has 0 aliphatic heterocycles. The largest absolute Gasteiger partial charge is 0.469 e. The van der Waals surface area contributed by atoms with Crippen LogP contribution in [0.3, 0.4) is 0 Å². The van der Waals surface area contributed by atoms with Crippen molar-refractivity contribution in [3.05, 3.63) is 76.1 Å². The summed E-state index contributed by atoms with van der Waals surface area (Å²) in [6.07, 6.45) is 0.844. The summed E-state index contributed by atoms with van der Waals surface area (Å²) in [5.74, 6) is -0.765. The standard InChI is InChI=1S/C27H32N4O4/c1-17-8-7-9-24(18(17)2)28-25(32)16-30(5)27(34)21-10-12-22(13-11-21)31-20(4)23(19(3)29-31)14-15-26(33)35-6/h7-13H,14-16H2,1-6H3,(H,28,32). The minimum absolute atomic E-state index is 0.0605. The molecule has 0 aliphatic rings. The van der Waals surface area contributed by atoms with Crippen LogP contribution in [0.25, 0.3) is 5.69 Å². The summed E-state index contributed by atoms with van der Waals surface area (Å²) in [7, 11) is 2.98. The molecule has 3 rings (SSSR count). The fraction of sp³-hybridized carbons (Fsp3) is 0.333. The van der Waals surface area contributed by atoms with Crippen LogP contribution in [0.1, 0.15) is 44.9 Å². The minimum atomic E-state index is -0.258. The highest BCUT2D eigenvalue weighted by Gasteiger charge is 2.18. The molecule has 0 saturated heterocycles. The van der Waals surface area contributed by atoms with Crippen molar-refractivity contribution in [3.63, 3.8) is 0 Å². The number of rotatable bonds is 8. The second-order valence-electron chi connectivity index (χ2n) is 8.64. The average molecular weight is 477 g/mol. The zero-order valence-corrected chi connectivity index (χ0v) is 21.1. The number of carbonyl (C=O) groups excluding carboxylic acids is 3. The lowest BCUT2D eigenvalue weighted by Gasteiger charge is -2.18. The monoisotopic (exact) mass is 476 g/mol. The first-order valence-electron chi connectivity index (χ1n) is 11.5. The smallest absolute Gasteiger partial charge is 0.305 e. The van der Waals surface area contributed by atoms with Gasteiger partial charge in [-0.2, -0.15) is 5.10 Å². The lowest BCUT2D eigenvalue weighted by Crippen LogP contribution is -2.35. The molecule has 35 heavy (non-hydrogen) atoms. The van der Waals surface area contributed by atoms with Crippen LogP contribution in [-0.2, 0) is 20.7 Å². The van der Waals surface area contributed by atoms with Gasteiger partial charge in [0, 0.05) is 30.4 Å². The lowest BCUT2D eigenvalue weighted by molar-refractivity contribution is -0.140. The Bertz CT molecular complexity index is 1240. The number of anilines is 1. The number of nitrogens with zero attached hydrogens (tertiary/aromatic N) is 3. The van der Waals surface area contributed by atoms with Gasteiger partial charge in [0.05, 0.1) is 25.0 Å². The number of nitrogens with one attached hydrogen (secondary N) is 1. The highest BCUT2D eigenvalue weighted by molar-refractivity contribution is 5.99. The van der Waals surface area contributed by atoms with Gasteiger partial charge in [-0.3, -0.25) is 14.4 Å². The Morgan fingerprint density at radius 3 is 2.37 bits per heavy atom. The molecule has 0 aliphatic carbocycles. The van der Waals surface area contributed by atoms with Gasteiger partial charge in [-0.05, 0) is 81.1 Å². The van der Waals surface area contributed by atoms with E-state index in [1.165, 1.54) is 12.0 Å². The Morgan fingerprint density at radius 2 is 1.71 bits per heavy atom. The SMILES string of the molecule is COC(=O)CCc1c(C)nn(-c2ccc(C(=O)N(C)CC(=O)Nc3cccc(C)c3C)cc2)c1C. The number of carbonyl (C=O) groups is 3. The van der Waals surface area contributed by atoms with E-state index in [1.807, 2.05) is 58.0 Å². The lowest BCUT2D eigenvalue weighted by atomic mass is 10.1. The van der Waals surface area contributed by atoms with Gasteiger partial charge in [-0.25, -0.2) is 4.68 Å². The summed E-state index contributed by atoms with van der Waals surface area (Å²) in [6, 6.07) is 12.8. The summed E-state index contributed by atoms with van der Waals surface area (Å²) in [5.41, 5.74) is 6.91. The van der Waals surface area contributed by atoms with Crippen molar-refractivity contribution in [2.45, 2.75) is 40.5 Å². The van der Waals surface area contributed by atoms with E-state index >= 15 is 0 Å². The number of amides is 2. The number of benzene rings is 2. The minimum Gasteiger partial charge on any atom is -0.469 e. The molecule has 184 valence electrons. The summed E-state index contributed by atoms with van der Waals surface area (Å²) >= 11 is 0. The summed E-state index contributed by atoms with van der Waals surface area (Å²) in [5, 5.41) is 7.48. The third-order valence-electron chi connectivity index (χ3n) is 6.21. The molecule has 2 amide bonds. The molecule has 0 spiro atoms. The Balaban J connectivity index is 1.67. The van der Waals surface area contributed by atoms with Gasteiger partial charge in [-0.15, -0.1) is 0 Å². The van der Waals surface area contributed by atoms with Crippen molar-refractivity contribution in [2.75, 3.05) is 26.0 Å². The van der Waals surface area contributed by atoms with Crippen LogP contribution in [0.2, 0.25) is 0 Å². The number of aromatic nitrogens is 2. The highest BCUT2D eigenvalue weighted by atomic mass is 16.5. The third kappa shape index (κ3) is 5.95. The molecule has 1 aromatic heterocycles. The van der Waals surface area contributed by atoms with E-state index in [0.717, 1.165) is 39.5 Å². The van der Waals surface area contributed by atoms with Crippen molar-refractivity contribution in [1.29, 1.82) is 0 Å². The van der Waals surface area contributed by atoms with Crippen molar-refractivity contribution in [1.82, 2.24) is 14.7 Å². The van der Waals surface area contributed by atoms with Gasteiger partial charge in [0.15, 0.2) is 0 Å².